The SMILES string of the molecule is CCc1n[nH]c(=S)n1N=Cc1ccc(OCc2c(F)cccc2Cl)c(OC)c1. The minimum absolute atomic E-state index is 0.0145. The molecule has 28 heavy (non-hydrogen) atoms. The van der Waals surface area contributed by atoms with Gasteiger partial charge in [-0.3, -0.25) is 5.10 Å². The molecule has 9 heteroatoms. The fourth-order valence-corrected chi connectivity index (χ4v) is 2.92. The van der Waals surface area contributed by atoms with E-state index in [2.05, 4.69) is 15.3 Å². The van der Waals surface area contributed by atoms with E-state index in [0.29, 0.717) is 33.3 Å². The van der Waals surface area contributed by atoms with E-state index in [4.69, 9.17) is 33.3 Å². The monoisotopic (exact) mass is 420 g/mol. The Hall–Kier alpha value is -2.71. The highest BCUT2D eigenvalue weighted by Gasteiger charge is 2.11. The average Bonchev–Trinajstić information content (AvgIpc) is 3.06. The number of nitrogens with one attached hydrogen (secondary N) is 1. The number of H-pyrrole nitrogens is 1. The third kappa shape index (κ3) is 4.40. The van der Waals surface area contributed by atoms with Gasteiger partial charge in [-0.05, 0) is 48.1 Å². The van der Waals surface area contributed by atoms with Crippen LogP contribution in [0.1, 0.15) is 23.9 Å². The first kappa shape index (κ1) is 20.0. The van der Waals surface area contributed by atoms with Gasteiger partial charge in [0.15, 0.2) is 17.3 Å². The van der Waals surface area contributed by atoms with Crippen LogP contribution in [0.15, 0.2) is 41.5 Å². The Morgan fingerprint density at radius 1 is 1.32 bits per heavy atom. The van der Waals surface area contributed by atoms with E-state index in [9.17, 15) is 4.39 Å². The number of halogens is 2. The molecule has 146 valence electrons. The summed E-state index contributed by atoms with van der Waals surface area (Å²) in [5.41, 5.74) is 1.07. The van der Waals surface area contributed by atoms with E-state index in [1.165, 1.54) is 13.2 Å². The molecule has 1 aromatic heterocycles. The van der Waals surface area contributed by atoms with Gasteiger partial charge in [0.05, 0.1) is 18.3 Å². The van der Waals surface area contributed by atoms with Crippen LogP contribution >= 0.6 is 23.8 Å². The van der Waals surface area contributed by atoms with Crippen LogP contribution in [-0.4, -0.2) is 28.2 Å². The van der Waals surface area contributed by atoms with Gasteiger partial charge in [0.2, 0.25) is 4.77 Å². The Kier molecular flexibility index (Phi) is 6.43. The second-order valence-electron chi connectivity index (χ2n) is 5.75. The fourth-order valence-electron chi connectivity index (χ4n) is 2.50. The number of methoxy groups -OCH3 is 1. The summed E-state index contributed by atoms with van der Waals surface area (Å²) in [4.78, 5) is 0. The number of hydrogen-bond donors (Lipinski definition) is 1. The molecule has 1 N–H and O–H groups in total. The molecule has 3 aromatic rings. The smallest absolute Gasteiger partial charge is 0.216 e. The molecule has 0 amide bonds. The van der Waals surface area contributed by atoms with Crippen LogP contribution in [0.3, 0.4) is 0 Å². The second-order valence-corrected chi connectivity index (χ2v) is 6.55. The van der Waals surface area contributed by atoms with E-state index in [1.54, 1.807) is 41.2 Å². The standard InChI is InChI=1S/C19H18ClFN4O2S/c1-3-18-23-24-19(28)25(18)22-10-12-7-8-16(17(9-12)26-2)27-11-13-14(20)5-4-6-15(13)21/h4-10H,3,11H2,1-2H3,(H,24,28). The number of aryl methyl sites for hydroxylation is 1. The van der Waals surface area contributed by atoms with Crippen molar-refractivity contribution in [3.63, 3.8) is 0 Å². The lowest BCUT2D eigenvalue weighted by molar-refractivity contribution is 0.280. The number of aromatic amines is 1. The molecule has 0 radical (unpaired) electrons. The minimum atomic E-state index is -0.418. The number of rotatable bonds is 7. The zero-order valence-electron chi connectivity index (χ0n) is 15.3. The molecular formula is C19H18ClFN4O2S. The Morgan fingerprint density at radius 2 is 2.14 bits per heavy atom. The maximum absolute atomic E-state index is 13.9. The van der Waals surface area contributed by atoms with Crippen molar-refractivity contribution in [2.75, 3.05) is 7.11 Å². The van der Waals surface area contributed by atoms with Crippen molar-refractivity contribution in [2.24, 2.45) is 5.10 Å². The first-order chi connectivity index (χ1) is 13.5. The Morgan fingerprint density at radius 3 is 2.86 bits per heavy atom. The minimum Gasteiger partial charge on any atom is -0.493 e. The highest BCUT2D eigenvalue weighted by atomic mass is 35.5. The van der Waals surface area contributed by atoms with Crippen LogP contribution in [0.25, 0.3) is 0 Å². The van der Waals surface area contributed by atoms with Crippen molar-refractivity contribution in [3.05, 3.63) is 69.0 Å². The molecule has 6 nitrogen and oxygen atoms in total. The van der Waals surface area contributed by atoms with Crippen LogP contribution in [0.4, 0.5) is 4.39 Å². The molecule has 3 rings (SSSR count). The predicted octanol–water partition coefficient (Wildman–Crippen LogP) is 4.77. The van der Waals surface area contributed by atoms with Gasteiger partial charge in [-0.25, -0.2) is 4.39 Å². The summed E-state index contributed by atoms with van der Waals surface area (Å²) >= 11 is 11.2. The zero-order valence-corrected chi connectivity index (χ0v) is 16.9. The van der Waals surface area contributed by atoms with Crippen molar-refractivity contribution in [1.82, 2.24) is 14.9 Å². The second kappa shape index (κ2) is 8.99. The predicted molar refractivity (Wildman–Crippen MR) is 109 cm³/mol. The number of hydrogen-bond acceptors (Lipinski definition) is 5. The van der Waals surface area contributed by atoms with Crippen molar-refractivity contribution < 1.29 is 13.9 Å². The van der Waals surface area contributed by atoms with E-state index in [-0.39, 0.29) is 6.61 Å². The number of ether oxygens (including phenoxy) is 2. The topological polar surface area (TPSA) is 64.4 Å². The molecule has 0 aliphatic heterocycles. The summed E-state index contributed by atoms with van der Waals surface area (Å²) < 4.78 is 27.0. The Balaban J connectivity index is 1.79. The molecule has 0 saturated carbocycles. The highest BCUT2D eigenvalue weighted by Crippen LogP contribution is 2.29. The van der Waals surface area contributed by atoms with Crippen molar-refractivity contribution in [2.45, 2.75) is 20.0 Å². The maximum atomic E-state index is 13.9. The van der Waals surface area contributed by atoms with Crippen molar-refractivity contribution in [3.8, 4) is 11.5 Å². The van der Waals surface area contributed by atoms with E-state index >= 15 is 0 Å². The summed E-state index contributed by atoms with van der Waals surface area (Å²) in [7, 11) is 1.53. The lowest BCUT2D eigenvalue weighted by atomic mass is 10.2. The van der Waals surface area contributed by atoms with Gasteiger partial charge in [-0.1, -0.05) is 24.6 Å². The Bertz CT molecular complexity index is 1040. The molecule has 0 unspecified atom stereocenters. The zero-order chi connectivity index (χ0) is 20.1. The molecule has 0 aliphatic carbocycles. The third-order valence-electron chi connectivity index (χ3n) is 3.98. The first-order valence-electron chi connectivity index (χ1n) is 8.47. The van der Waals surface area contributed by atoms with Gasteiger partial charge >= 0.3 is 0 Å². The highest BCUT2D eigenvalue weighted by molar-refractivity contribution is 7.71. The van der Waals surface area contributed by atoms with E-state index < -0.39 is 5.82 Å². The number of nitrogens with zero attached hydrogens (tertiary/aromatic N) is 3. The fraction of sp³-hybridized carbons (Fsp3) is 0.211. The largest absolute Gasteiger partial charge is 0.493 e. The summed E-state index contributed by atoms with van der Waals surface area (Å²) in [6, 6.07) is 9.80. The summed E-state index contributed by atoms with van der Waals surface area (Å²) in [6.45, 7) is 1.95. The quantitative estimate of drug-likeness (QED) is 0.442. The van der Waals surface area contributed by atoms with Crippen LogP contribution in [0.5, 0.6) is 11.5 Å². The van der Waals surface area contributed by atoms with Crippen LogP contribution in [-0.2, 0) is 13.0 Å². The molecule has 0 spiro atoms. The van der Waals surface area contributed by atoms with Crippen molar-refractivity contribution >= 4 is 30.0 Å². The number of aromatic nitrogens is 3. The van der Waals surface area contributed by atoms with Gasteiger partial charge < -0.3 is 9.47 Å². The summed E-state index contributed by atoms with van der Waals surface area (Å²) in [6.07, 6.45) is 2.34. The lowest BCUT2D eigenvalue weighted by Crippen LogP contribution is -2.01. The Labute approximate surface area is 171 Å². The lowest BCUT2D eigenvalue weighted by Gasteiger charge is -2.12. The van der Waals surface area contributed by atoms with Gasteiger partial charge in [0.1, 0.15) is 12.4 Å². The van der Waals surface area contributed by atoms with E-state index in [1.807, 2.05) is 6.92 Å². The van der Waals surface area contributed by atoms with E-state index in [0.717, 1.165) is 11.4 Å². The van der Waals surface area contributed by atoms with Gasteiger partial charge in [0, 0.05) is 12.0 Å². The normalized spacial score (nSPS) is 11.1. The first-order valence-corrected chi connectivity index (χ1v) is 9.26. The molecule has 2 aromatic carbocycles. The van der Waals surface area contributed by atoms with Crippen LogP contribution < -0.4 is 9.47 Å². The maximum Gasteiger partial charge on any atom is 0.216 e. The van der Waals surface area contributed by atoms with Crippen LogP contribution in [0, 0.1) is 10.6 Å². The summed E-state index contributed by atoms with van der Waals surface area (Å²) in [5.74, 6) is 1.27. The average molecular weight is 421 g/mol. The molecule has 1 heterocycles. The van der Waals surface area contributed by atoms with Crippen molar-refractivity contribution in [1.29, 1.82) is 0 Å². The van der Waals surface area contributed by atoms with Gasteiger partial charge in [-0.2, -0.15) is 14.9 Å². The molecule has 0 saturated heterocycles. The number of benzene rings is 2. The van der Waals surface area contributed by atoms with Gasteiger partial charge in [-0.15, -0.1) is 0 Å². The third-order valence-corrected chi connectivity index (χ3v) is 4.60. The molecule has 0 fully saturated rings. The van der Waals surface area contributed by atoms with Gasteiger partial charge in [0.25, 0.3) is 0 Å². The molecule has 0 aliphatic rings. The summed E-state index contributed by atoms with van der Waals surface area (Å²) in [5, 5.41) is 11.5. The molecular weight excluding hydrogens is 403 g/mol. The van der Waals surface area contributed by atoms with Crippen LogP contribution in [0.2, 0.25) is 5.02 Å². The molecule has 0 atom stereocenters. The molecule has 0 bridgehead atoms.